The predicted octanol–water partition coefficient (Wildman–Crippen LogP) is -19.4. The summed E-state index contributed by atoms with van der Waals surface area (Å²) in [4.78, 5) is 0. The molecule has 28 heteroatoms. The van der Waals surface area contributed by atoms with Crippen molar-refractivity contribution >= 4 is 424 Å². The number of hydrogen-bond acceptors (Lipinski definition) is 1. The van der Waals surface area contributed by atoms with Crippen LogP contribution in [0.2, 0.25) is 0 Å². The highest BCUT2D eigenvalue weighted by atomic mass is 16.3. The zero-order valence-corrected chi connectivity index (χ0v) is 39.1. The lowest BCUT2D eigenvalue weighted by Crippen LogP contribution is -2.51. The van der Waals surface area contributed by atoms with E-state index in [0.29, 0.717) is 0 Å². The quantitative estimate of drug-likeness (QED) is 0.0980. The van der Waals surface area contributed by atoms with Gasteiger partial charge in [0.2, 0.25) is 0 Å². The van der Waals surface area contributed by atoms with Crippen LogP contribution in [0.4, 0.5) is 0 Å². The van der Waals surface area contributed by atoms with Crippen molar-refractivity contribution in [3.63, 3.8) is 0 Å². The normalized spacial score (nSPS) is 11.9. The van der Waals surface area contributed by atoms with Crippen molar-refractivity contribution in [2.75, 3.05) is 0 Å². The van der Waals surface area contributed by atoms with Gasteiger partial charge in [-0.25, -0.2) is 0 Å². The molecular weight excluding hydrogens is 860 g/mol. The first-order valence-corrected chi connectivity index (χ1v) is 21.8. The van der Waals surface area contributed by atoms with Gasteiger partial charge in [0.25, 0.3) is 0 Å². The first-order chi connectivity index (χ1) is 34.6. The smallest absolute Gasteiger partial charge is 0.127 e. The summed E-state index contributed by atoms with van der Waals surface area (Å²) >= 11 is 0. The van der Waals surface area contributed by atoms with Gasteiger partial charge in [-0.2, -0.15) is 0 Å². The van der Waals surface area contributed by atoms with Crippen molar-refractivity contribution in [3.8, 4) is 33.4 Å². The molecule has 0 spiro atoms. The Bertz CT molecular complexity index is 4280. The number of rotatable bonds is 3. The molecule has 74 heavy (non-hydrogen) atoms. The zero-order chi connectivity index (χ0) is 54.4. The molecule has 1 heterocycles. The van der Waals surface area contributed by atoms with Gasteiger partial charge in [0.1, 0.15) is 223 Å². The highest BCUT2D eigenvalue weighted by Crippen LogP contribution is 2.42. The molecule has 10 rings (SSSR count). The van der Waals surface area contributed by atoms with Gasteiger partial charge in [0, 0.05) is 10.8 Å². The largest absolute Gasteiger partial charge is 0.457 e. The first-order valence-electron chi connectivity index (χ1n) is 21.8. The van der Waals surface area contributed by atoms with E-state index in [1.54, 1.807) is 0 Å². The summed E-state index contributed by atoms with van der Waals surface area (Å²) in [5.41, 5.74) is -3.60. The van der Waals surface area contributed by atoms with Crippen LogP contribution in [-0.2, 0) is 0 Å². The van der Waals surface area contributed by atoms with Crippen LogP contribution in [0.1, 0.15) is 0 Å². The molecule has 1 aromatic heterocycles. The molecule has 0 atom stereocenters. The van der Waals surface area contributed by atoms with Gasteiger partial charge < -0.3 is 4.42 Å². The van der Waals surface area contributed by atoms with Crippen molar-refractivity contribution in [1.82, 2.24) is 0 Å². The van der Waals surface area contributed by atoms with Crippen LogP contribution in [0.15, 0.2) is 10.5 Å². The minimum atomic E-state index is -0.265. The lowest BCUT2D eigenvalue weighted by atomic mass is 9.55. The van der Waals surface area contributed by atoms with E-state index in [-0.39, 0.29) is 246 Å². The minimum Gasteiger partial charge on any atom is -0.457 e. The number of furan rings is 1. The van der Waals surface area contributed by atoms with Crippen LogP contribution in [0.5, 0.6) is 0 Å². The van der Waals surface area contributed by atoms with Crippen molar-refractivity contribution < 1.29 is 4.42 Å². The monoisotopic (exact) mass is 866 g/mol. The standard InChI is InChI=1S/C46HB27O/c47-2-1-3(48)20(49)8-4(2)7(21(50)15-13(8)27(56)39(68)40(69)32(15)61)5-9-11(25(54)37(66)35(64)23(9)52)6(12-10(5)24(53)36(65)38(67)26(12)55)14-28(57)30(59)17(31(60)29(14)58)16-22(51)18-19-34(63)41(70)42(71)44(73)46(19)74-45(18)43(72)33(16)62/h1H. The van der Waals surface area contributed by atoms with Crippen LogP contribution >= 0.6 is 0 Å². The molecular formula is C46HB27O. The molecule has 9 aromatic carbocycles. The maximum absolute atomic E-state index is 7.34. The number of hydrogen-bond donors (Lipinski definition) is 0. The number of fused-ring (bicyclic) bond motifs is 8. The Morgan fingerprint density at radius 1 is 0.162 bits per heavy atom. The van der Waals surface area contributed by atoms with E-state index < -0.39 is 0 Å². The van der Waals surface area contributed by atoms with Crippen LogP contribution in [0, 0.1) is 0 Å². The van der Waals surface area contributed by atoms with Gasteiger partial charge in [-0.3, -0.25) is 0 Å². The SMILES string of the molecule is [B]c1cc([B])c2c(-c3c4c([B])c([B])c([B])c([B])c4c(-c4c([B])c([B])c(-c5c([B])c([B])c6oc7c([B])c([B])c([B])c([B])c7c6c5[B])c([B])c4[B])c4c([B])c([B])c([B])c([B])c34)c([B])c3c([B])c([B])c([B])c([B])c3c2c1[B]. The highest BCUT2D eigenvalue weighted by Gasteiger charge is 2.31. The fourth-order valence-electron chi connectivity index (χ4n) is 10.6. The lowest BCUT2D eigenvalue weighted by molar-refractivity contribution is 0.675. The maximum Gasteiger partial charge on any atom is 0.127 e. The van der Waals surface area contributed by atoms with Gasteiger partial charge in [-0.1, -0.05) is 104 Å². The van der Waals surface area contributed by atoms with Crippen LogP contribution in [0.25, 0.3) is 98.4 Å². The van der Waals surface area contributed by atoms with E-state index in [0.717, 1.165) is 0 Å². The molecule has 1 nitrogen and oxygen atoms in total. The van der Waals surface area contributed by atoms with Gasteiger partial charge in [0.05, 0.1) is 0 Å². The fraction of sp³-hybridized carbons (Fsp3) is 0. The van der Waals surface area contributed by atoms with Crippen molar-refractivity contribution in [1.29, 1.82) is 0 Å². The van der Waals surface area contributed by atoms with E-state index in [2.05, 4.69) is 0 Å². The maximum atomic E-state index is 7.34. The first kappa shape index (κ1) is 53.0. The van der Waals surface area contributed by atoms with Gasteiger partial charge in [0.15, 0.2) is 0 Å². The van der Waals surface area contributed by atoms with Crippen molar-refractivity contribution in [2.24, 2.45) is 0 Å². The Kier molecular flexibility index (Phi) is 12.8. The Morgan fingerprint density at radius 2 is 0.419 bits per heavy atom. The fourth-order valence-corrected chi connectivity index (χ4v) is 10.6. The number of benzene rings is 9. The average molecular weight is 861 g/mol. The van der Waals surface area contributed by atoms with E-state index in [4.69, 9.17) is 216 Å². The molecule has 0 N–H and O–H groups in total. The molecule has 272 valence electrons. The molecule has 0 bridgehead atoms. The summed E-state index contributed by atoms with van der Waals surface area (Å²) in [6.07, 6.45) is 0. The second kappa shape index (κ2) is 17.8. The summed E-state index contributed by atoms with van der Waals surface area (Å²) in [6.45, 7) is 0. The zero-order valence-electron chi connectivity index (χ0n) is 39.1. The highest BCUT2D eigenvalue weighted by molar-refractivity contribution is 6.77. The molecule has 0 unspecified atom stereocenters. The third-order valence-electron chi connectivity index (χ3n) is 14.5. The molecule has 0 fully saturated rings. The Balaban J connectivity index is 1.47. The van der Waals surface area contributed by atoms with Gasteiger partial charge in [-0.15, -0.1) is 49.2 Å². The van der Waals surface area contributed by atoms with Gasteiger partial charge in [-0.05, 0) is 76.5 Å². The molecule has 54 radical (unpaired) electrons. The summed E-state index contributed by atoms with van der Waals surface area (Å²) in [5, 5.41) is 0.798. The third kappa shape index (κ3) is 6.69. The van der Waals surface area contributed by atoms with E-state index in [9.17, 15) is 0 Å². The second-order valence-corrected chi connectivity index (χ2v) is 18.2. The van der Waals surface area contributed by atoms with Crippen LogP contribution in [-0.4, -0.2) is 212 Å². The summed E-state index contributed by atoms with van der Waals surface area (Å²) in [7, 11) is 184. The Labute approximate surface area is 465 Å². The average Bonchev–Trinajstić information content (AvgIpc) is 3.78. The van der Waals surface area contributed by atoms with E-state index in [1.807, 2.05) is 0 Å². The lowest BCUT2D eigenvalue weighted by Gasteiger charge is -2.33. The van der Waals surface area contributed by atoms with Crippen LogP contribution < -0.4 is 147 Å². The van der Waals surface area contributed by atoms with Crippen molar-refractivity contribution in [2.45, 2.75) is 0 Å². The molecule has 0 saturated heterocycles. The third-order valence-corrected chi connectivity index (χ3v) is 14.5. The minimum absolute atomic E-state index is 0.000538. The summed E-state index contributed by atoms with van der Waals surface area (Å²) in [5.74, 6) is 0. The summed E-state index contributed by atoms with van der Waals surface area (Å²) in [6, 6.07) is 1.41. The van der Waals surface area contributed by atoms with E-state index in [1.165, 1.54) is 6.07 Å². The Morgan fingerprint density at radius 3 is 0.838 bits per heavy atom. The molecule has 0 saturated carbocycles. The molecule has 10 aromatic rings. The molecule has 0 aliphatic rings. The second-order valence-electron chi connectivity index (χ2n) is 18.2. The Hall–Kier alpha value is -4.43. The van der Waals surface area contributed by atoms with E-state index >= 15 is 0 Å². The molecule has 0 aliphatic heterocycles. The predicted molar refractivity (Wildman–Crippen MR) is 346 cm³/mol. The summed E-state index contributed by atoms with van der Waals surface area (Å²) < 4.78 is 6.09. The van der Waals surface area contributed by atoms with Gasteiger partial charge >= 0.3 is 0 Å². The molecule has 0 aliphatic carbocycles. The topological polar surface area (TPSA) is 13.1 Å². The van der Waals surface area contributed by atoms with Crippen molar-refractivity contribution in [3.05, 3.63) is 6.07 Å². The molecule has 0 amide bonds. The van der Waals surface area contributed by atoms with Crippen LogP contribution in [0.3, 0.4) is 0 Å².